The Hall–Kier alpha value is -1.98. The molecule has 4 N–H and O–H groups in total. The van der Waals surface area contributed by atoms with Gasteiger partial charge < -0.3 is 20.8 Å². The van der Waals surface area contributed by atoms with Gasteiger partial charge in [-0.05, 0) is 11.5 Å². The van der Waals surface area contributed by atoms with Gasteiger partial charge in [0.2, 0.25) is 0 Å². The van der Waals surface area contributed by atoms with Crippen LogP contribution < -0.4 is 10.5 Å². The lowest BCUT2D eigenvalue weighted by molar-refractivity contribution is 0.113. The Morgan fingerprint density at radius 1 is 1.20 bits per heavy atom. The summed E-state index contributed by atoms with van der Waals surface area (Å²) in [5.74, 6) is 0.686. The molecule has 0 unspecified atom stereocenters. The number of hydrogen-bond donors (Lipinski definition) is 3. The number of amidine groups is 1. The van der Waals surface area contributed by atoms with Gasteiger partial charge in [-0.15, -0.1) is 12.4 Å². The maximum atomic E-state index is 9.69. The van der Waals surface area contributed by atoms with Crippen LogP contribution in [0.2, 0.25) is 0 Å². The number of aliphatic hydroxyl groups excluding tert-OH is 1. The summed E-state index contributed by atoms with van der Waals surface area (Å²) in [5, 5.41) is 23.0. The molecule has 0 bridgehead atoms. The van der Waals surface area contributed by atoms with Crippen LogP contribution in [0.5, 0.6) is 5.75 Å². The zero-order valence-corrected chi connectivity index (χ0v) is 11.6. The number of fused-ring (bicyclic) bond motifs is 1. The normalized spacial score (nSPS) is 12.8. The van der Waals surface area contributed by atoms with Crippen molar-refractivity contribution in [1.82, 2.24) is 0 Å². The average molecular weight is 297 g/mol. The molecule has 0 aromatic heterocycles. The average Bonchev–Trinajstić information content (AvgIpc) is 2.44. The Balaban J connectivity index is 0.00000200. The number of nitrogens with two attached hydrogens (primary N) is 1. The molecule has 0 aliphatic carbocycles. The van der Waals surface area contributed by atoms with E-state index in [2.05, 4.69) is 5.16 Å². The number of rotatable bonds is 5. The fourth-order valence-electron chi connectivity index (χ4n) is 1.85. The molecule has 0 aliphatic heterocycles. The minimum Gasteiger partial charge on any atom is -0.490 e. The van der Waals surface area contributed by atoms with Crippen molar-refractivity contribution in [1.29, 1.82) is 0 Å². The predicted octanol–water partition coefficient (Wildman–Crippen LogP) is 2.14. The smallest absolute Gasteiger partial charge is 0.141 e. The Bertz CT molecular complexity index is 584. The molecule has 0 saturated carbocycles. The van der Waals surface area contributed by atoms with Crippen molar-refractivity contribution in [3.8, 4) is 5.75 Å². The highest BCUT2D eigenvalue weighted by Gasteiger charge is 2.09. The van der Waals surface area contributed by atoms with E-state index in [9.17, 15) is 5.11 Å². The van der Waals surface area contributed by atoms with Gasteiger partial charge >= 0.3 is 0 Å². The first-order valence-corrected chi connectivity index (χ1v) is 5.95. The Morgan fingerprint density at radius 2 is 1.90 bits per heavy atom. The molecule has 2 aromatic carbocycles. The molecule has 0 amide bonds. The number of oxime groups is 1. The summed E-state index contributed by atoms with van der Waals surface area (Å²) in [4.78, 5) is 0. The van der Waals surface area contributed by atoms with Gasteiger partial charge in [0.25, 0.3) is 0 Å². The third-order valence-corrected chi connectivity index (χ3v) is 2.75. The van der Waals surface area contributed by atoms with E-state index >= 15 is 0 Å². The highest BCUT2D eigenvalue weighted by atomic mass is 35.5. The molecule has 20 heavy (non-hydrogen) atoms. The predicted molar refractivity (Wildman–Crippen MR) is 80.7 cm³/mol. The van der Waals surface area contributed by atoms with E-state index in [1.165, 1.54) is 0 Å². The second-order valence-electron chi connectivity index (χ2n) is 4.24. The first-order chi connectivity index (χ1) is 9.20. The van der Waals surface area contributed by atoms with Crippen LogP contribution in [0.3, 0.4) is 0 Å². The first-order valence-electron chi connectivity index (χ1n) is 5.95. The van der Waals surface area contributed by atoms with Gasteiger partial charge in [-0.25, -0.2) is 0 Å². The van der Waals surface area contributed by atoms with E-state index in [1.54, 1.807) is 0 Å². The number of halogens is 1. The van der Waals surface area contributed by atoms with Crippen LogP contribution in [0.1, 0.15) is 6.42 Å². The summed E-state index contributed by atoms with van der Waals surface area (Å²) in [6.45, 7) is 0.0875. The number of benzene rings is 2. The van der Waals surface area contributed by atoms with Crippen LogP contribution >= 0.6 is 12.4 Å². The molecule has 6 heteroatoms. The van der Waals surface area contributed by atoms with Gasteiger partial charge in [0, 0.05) is 11.8 Å². The Labute approximate surface area is 123 Å². The fourth-order valence-corrected chi connectivity index (χ4v) is 1.85. The van der Waals surface area contributed by atoms with Crippen LogP contribution in [0.15, 0.2) is 47.6 Å². The van der Waals surface area contributed by atoms with Gasteiger partial charge in [0.1, 0.15) is 18.2 Å². The number of hydrogen-bond acceptors (Lipinski definition) is 4. The molecule has 2 rings (SSSR count). The molecule has 0 saturated heterocycles. The fraction of sp³-hybridized carbons (Fsp3) is 0.214. The van der Waals surface area contributed by atoms with Crippen molar-refractivity contribution in [2.45, 2.75) is 12.5 Å². The van der Waals surface area contributed by atoms with Gasteiger partial charge in [-0.3, -0.25) is 0 Å². The van der Waals surface area contributed by atoms with E-state index < -0.39 is 6.10 Å². The van der Waals surface area contributed by atoms with E-state index in [-0.39, 0.29) is 31.3 Å². The molecule has 0 spiro atoms. The molecule has 0 fully saturated rings. The second-order valence-corrected chi connectivity index (χ2v) is 4.24. The summed E-state index contributed by atoms with van der Waals surface area (Å²) in [5.41, 5.74) is 5.32. The minimum atomic E-state index is -0.810. The van der Waals surface area contributed by atoms with Gasteiger partial charge in [-0.1, -0.05) is 41.6 Å². The van der Waals surface area contributed by atoms with Crippen molar-refractivity contribution in [2.75, 3.05) is 6.61 Å². The molecular formula is C14H17ClN2O3. The van der Waals surface area contributed by atoms with Crippen LogP contribution in [0.25, 0.3) is 10.8 Å². The summed E-state index contributed by atoms with van der Waals surface area (Å²) < 4.78 is 5.58. The van der Waals surface area contributed by atoms with Crippen LogP contribution in [-0.4, -0.2) is 28.9 Å². The molecule has 108 valence electrons. The van der Waals surface area contributed by atoms with E-state index in [4.69, 9.17) is 15.7 Å². The molecule has 1 atom stereocenters. The largest absolute Gasteiger partial charge is 0.490 e. The van der Waals surface area contributed by atoms with Crippen LogP contribution in [-0.2, 0) is 0 Å². The third-order valence-electron chi connectivity index (χ3n) is 2.75. The van der Waals surface area contributed by atoms with E-state index in [0.29, 0.717) is 5.75 Å². The second kappa shape index (κ2) is 7.57. The Kier molecular flexibility index (Phi) is 6.09. The maximum Gasteiger partial charge on any atom is 0.141 e. The first kappa shape index (κ1) is 16.1. The number of nitrogens with zero attached hydrogens (tertiary/aromatic N) is 1. The summed E-state index contributed by atoms with van der Waals surface area (Å²) in [6.07, 6.45) is -0.740. The summed E-state index contributed by atoms with van der Waals surface area (Å²) >= 11 is 0. The standard InChI is InChI=1S/C14H16N2O3.ClH/c15-14(16-18)8-11(17)9-19-13-7-3-5-10-4-1-2-6-12(10)13;/h1-7,11,17-18H,8-9H2,(H2,15,16);1H/t11-;/m1./s1. The van der Waals surface area contributed by atoms with Crippen LogP contribution in [0, 0.1) is 0 Å². The lowest BCUT2D eigenvalue weighted by atomic mass is 10.1. The third kappa shape index (κ3) is 4.01. The van der Waals surface area contributed by atoms with Gasteiger partial charge in [-0.2, -0.15) is 0 Å². The maximum absolute atomic E-state index is 9.69. The van der Waals surface area contributed by atoms with Crippen molar-refractivity contribution in [3.63, 3.8) is 0 Å². The van der Waals surface area contributed by atoms with Gasteiger partial charge in [0.05, 0.1) is 6.10 Å². The zero-order chi connectivity index (χ0) is 13.7. The Morgan fingerprint density at radius 3 is 2.65 bits per heavy atom. The summed E-state index contributed by atoms with van der Waals surface area (Å²) in [6, 6.07) is 13.6. The minimum absolute atomic E-state index is 0. The highest BCUT2D eigenvalue weighted by molar-refractivity contribution is 5.88. The lowest BCUT2D eigenvalue weighted by Gasteiger charge is -2.13. The topological polar surface area (TPSA) is 88.1 Å². The van der Waals surface area contributed by atoms with E-state index in [1.807, 2.05) is 42.5 Å². The summed E-state index contributed by atoms with van der Waals surface area (Å²) in [7, 11) is 0. The van der Waals surface area contributed by atoms with Crippen LogP contribution in [0.4, 0.5) is 0 Å². The zero-order valence-electron chi connectivity index (χ0n) is 10.8. The molecular weight excluding hydrogens is 280 g/mol. The van der Waals surface area contributed by atoms with Gasteiger partial charge in [0.15, 0.2) is 0 Å². The monoisotopic (exact) mass is 296 g/mol. The van der Waals surface area contributed by atoms with Crippen molar-refractivity contribution in [3.05, 3.63) is 42.5 Å². The molecule has 0 radical (unpaired) electrons. The highest BCUT2D eigenvalue weighted by Crippen LogP contribution is 2.25. The quantitative estimate of drug-likeness (QED) is 0.341. The van der Waals surface area contributed by atoms with E-state index in [0.717, 1.165) is 10.8 Å². The van der Waals surface area contributed by atoms with Crippen molar-refractivity contribution < 1.29 is 15.1 Å². The SMILES string of the molecule is Cl.N/C(C[C@@H](O)COc1cccc2ccccc12)=N\O. The molecule has 0 heterocycles. The number of ether oxygens (including phenoxy) is 1. The van der Waals surface area contributed by atoms with Crippen molar-refractivity contribution >= 4 is 29.0 Å². The van der Waals surface area contributed by atoms with Crippen molar-refractivity contribution in [2.24, 2.45) is 10.9 Å². The number of aliphatic hydroxyl groups is 1. The molecule has 5 nitrogen and oxygen atoms in total. The molecule has 0 aliphatic rings. The lowest BCUT2D eigenvalue weighted by Crippen LogP contribution is -2.25. The molecule has 2 aromatic rings.